The van der Waals surface area contributed by atoms with Crippen LogP contribution in [0.2, 0.25) is 0 Å². The summed E-state index contributed by atoms with van der Waals surface area (Å²) >= 11 is 0. The number of fused-ring (bicyclic) bond motifs is 1. The van der Waals surface area contributed by atoms with Gasteiger partial charge in [0.25, 0.3) is 0 Å². The molecule has 25 heavy (non-hydrogen) atoms. The number of rotatable bonds is 5. The molecule has 2 aliphatic heterocycles. The number of hydrogen-bond acceptors (Lipinski definition) is 6. The van der Waals surface area contributed by atoms with E-state index in [1.54, 1.807) is 0 Å². The Morgan fingerprint density at radius 1 is 1.32 bits per heavy atom. The summed E-state index contributed by atoms with van der Waals surface area (Å²) in [6.07, 6.45) is 1.98. The Balaban J connectivity index is 1.25. The molecule has 1 fully saturated rings. The number of nitrogens with one attached hydrogen (secondary N) is 2. The number of aryl methyl sites for hydroxylation is 1. The number of anilines is 2. The summed E-state index contributed by atoms with van der Waals surface area (Å²) in [5.41, 5.74) is 2.29. The van der Waals surface area contributed by atoms with E-state index >= 15 is 0 Å². The Bertz CT molecular complexity index is 692. The second kappa shape index (κ2) is 7.41. The standard InChI is InChI=1S/C18H26N6O/c1-14-8-18-21-12-16(13-24(18)22-14)10-19-9-15-2-3-17(20-11-15)23-4-6-25-7-5-23/h2-3,8,11,16,19,21H,4-7,9-10,12-13H2,1H3/t16-/m0/s1. The maximum atomic E-state index is 5.39. The highest BCUT2D eigenvalue weighted by Gasteiger charge is 2.18. The molecule has 0 bridgehead atoms. The minimum Gasteiger partial charge on any atom is -0.378 e. The van der Waals surface area contributed by atoms with Crippen molar-refractivity contribution in [2.45, 2.75) is 20.0 Å². The molecule has 0 unspecified atom stereocenters. The lowest BCUT2D eigenvalue weighted by molar-refractivity contribution is 0.122. The van der Waals surface area contributed by atoms with Gasteiger partial charge in [0.2, 0.25) is 0 Å². The van der Waals surface area contributed by atoms with E-state index in [0.29, 0.717) is 5.92 Å². The van der Waals surface area contributed by atoms with Crippen molar-refractivity contribution in [3.8, 4) is 0 Å². The van der Waals surface area contributed by atoms with Gasteiger partial charge in [0.1, 0.15) is 11.6 Å². The summed E-state index contributed by atoms with van der Waals surface area (Å²) in [7, 11) is 0. The molecule has 7 nitrogen and oxygen atoms in total. The first-order valence-corrected chi connectivity index (χ1v) is 9.04. The molecular formula is C18H26N6O. The first-order chi connectivity index (χ1) is 12.3. The van der Waals surface area contributed by atoms with E-state index < -0.39 is 0 Å². The molecule has 0 saturated carbocycles. The second-order valence-corrected chi connectivity index (χ2v) is 6.85. The summed E-state index contributed by atoms with van der Waals surface area (Å²) < 4.78 is 7.46. The largest absolute Gasteiger partial charge is 0.378 e. The van der Waals surface area contributed by atoms with Crippen molar-refractivity contribution in [3.05, 3.63) is 35.7 Å². The summed E-state index contributed by atoms with van der Waals surface area (Å²) in [5.74, 6) is 2.73. The summed E-state index contributed by atoms with van der Waals surface area (Å²) in [4.78, 5) is 6.88. The Morgan fingerprint density at radius 3 is 3.00 bits per heavy atom. The molecule has 0 aromatic carbocycles. The fraction of sp³-hybridized carbons (Fsp3) is 0.556. The summed E-state index contributed by atoms with van der Waals surface area (Å²) in [6, 6.07) is 6.38. The lowest BCUT2D eigenvalue weighted by Gasteiger charge is -2.27. The highest BCUT2D eigenvalue weighted by atomic mass is 16.5. The van der Waals surface area contributed by atoms with E-state index in [1.807, 2.05) is 13.1 Å². The molecular weight excluding hydrogens is 316 g/mol. The van der Waals surface area contributed by atoms with Gasteiger partial charge in [-0.2, -0.15) is 5.10 Å². The van der Waals surface area contributed by atoms with Crippen LogP contribution in [-0.2, 0) is 17.8 Å². The molecule has 0 amide bonds. The normalized spacial score (nSPS) is 20.2. The van der Waals surface area contributed by atoms with Gasteiger partial charge in [0, 0.05) is 57.4 Å². The molecule has 2 aromatic rings. The van der Waals surface area contributed by atoms with Crippen LogP contribution in [0.3, 0.4) is 0 Å². The first-order valence-electron chi connectivity index (χ1n) is 9.04. The van der Waals surface area contributed by atoms with E-state index in [4.69, 9.17) is 4.74 Å². The third kappa shape index (κ3) is 3.93. The number of pyridine rings is 1. The quantitative estimate of drug-likeness (QED) is 0.853. The van der Waals surface area contributed by atoms with Crippen molar-refractivity contribution in [1.29, 1.82) is 0 Å². The molecule has 2 aromatic heterocycles. The Labute approximate surface area is 148 Å². The molecule has 0 spiro atoms. The lowest BCUT2D eigenvalue weighted by Crippen LogP contribution is -2.36. The van der Waals surface area contributed by atoms with Crippen molar-refractivity contribution < 1.29 is 4.74 Å². The molecule has 4 rings (SSSR count). The molecule has 134 valence electrons. The van der Waals surface area contributed by atoms with Crippen LogP contribution in [0.15, 0.2) is 24.4 Å². The predicted molar refractivity (Wildman–Crippen MR) is 97.9 cm³/mol. The second-order valence-electron chi connectivity index (χ2n) is 6.85. The number of aromatic nitrogens is 3. The third-order valence-corrected chi connectivity index (χ3v) is 4.81. The fourth-order valence-corrected chi connectivity index (χ4v) is 3.44. The van der Waals surface area contributed by atoms with Crippen molar-refractivity contribution in [2.24, 2.45) is 5.92 Å². The minimum absolute atomic E-state index is 0.549. The molecule has 1 atom stereocenters. The van der Waals surface area contributed by atoms with Gasteiger partial charge in [0.15, 0.2) is 0 Å². The van der Waals surface area contributed by atoms with Gasteiger partial charge in [0.05, 0.1) is 18.9 Å². The first kappa shape index (κ1) is 16.4. The van der Waals surface area contributed by atoms with Crippen LogP contribution in [-0.4, -0.2) is 54.2 Å². The molecule has 2 N–H and O–H groups in total. The highest BCUT2D eigenvalue weighted by Crippen LogP contribution is 2.18. The number of hydrogen-bond donors (Lipinski definition) is 2. The van der Waals surface area contributed by atoms with E-state index in [1.165, 1.54) is 5.56 Å². The van der Waals surface area contributed by atoms with Crippen molar-refractivity contribution >= 4 is 11.6 Å². The lowest BCUT2D eigenvalue weighted by atomic mass is 10.1. The van der Waals surface area contributed by atoms with Crippen LogP contribution < -0.4 is 15.5 Å². The van der Waals surface area contributed by atoms with Crippen molar-refractivity contribution in [2.75, 3.05) is 49.6 Å². The van der Waals surface area contributed by atoms with E-state index in [2.05, 4.69) is 48.5 Å². The molecule has 2 aliphatic rings. The van der Waals surface area contributed by atoms with Crippen LogP contribution in [0.4, 0.5) is 11.6 Å². The average Bonchev–Trinajstić information content (AvgIpc) is 3.02. The van der Waals surface area contributed by atoms with Gasteiger partial charge < -0.3 is 20.3 Å². The zero-order valence-corrected chi connectivity index (χ0v) is 14.7. The van der Waals surface area contributed by atoms with Crippen LogP contribution >= 0.6 is 0 Å². The monoisotopic (exact) mass is 342 g/mol. The molecule has 1 saturated heterocycles. The molecule has 0 radical (unpaired) electrons. The van der Waals surface area contributed by atoms with Crippen molar-refractivity contribution in [1.82, 2.24) is 20.1 Å². The number of nitrogens with zero attached hydrogens (tertiary/aromatic N) is 4. The zero-order valence-electron chi connectivity index (χ0n) is 14.7. The molecule has 7 heteroatoms. The molecule has 0 aliphatic carbocycles. The maximum Gasteiger partial charge on any atom is 0.128 e. The Kier molecular flexibility index (Phi) is 4.85. The van der Waals surface area contributed by atoms with Crippen LogP contribution in [0.1, 0.15) is 11.3 Å². The topological polar surface area (TPSA) is 67.2 Å². The third-order valence-electron chi connectivity index (χ3n) is 4.81. The zero-order chi connectivity index (χ0) is 17.1. The van der Waals surface area contributed by atoms with Crippen LogP contribution in [0.5, 0.6) is 0 Å². The Morgan fingerprint density at radius 2 is 2.20 bits per heavy atom. The SMILES string of the molecule is Cc1cc2n(n1)C[C@@H](CNCc1ccc(N3CCOCC3)nc1)CN2. The summed E-state index contributed by atoms with van der Waals surface area (Å²) in [5, 5.41) is 11.5. The Hall–Kier alpha value is -2.12. The van der Waals surface area contributed by atoms with E-state index in [0.717, 1.165) is 69.8 Å². The number of morpholine rings is 1. The number of ether oxygens (including phenoxy) is 1. The van der Waals surface area contributed by atoms with Crippen LogP contribution in [0, 0.1) is 12.8 Å². The smallest absolute Gasteiger partial charge is 0.128 e. The van der Waals surface area contributed by atoms with Gasteiger partial charge in [-0.3, -0.25) is 0 Å². The van der Waals surface area contributed by atoms with E-state index in [-0.39, 0.29) is 0 Å². The van der Waals surface area contributed by atoms with Gasteiger partial charge in [-0.15, -0.1) is 0 Å². The van der Waals surface area contributed by atoms with Gasteiger partial charge >= 0.3 is 0 Å². The minimum atomic E-state index is 0.549. The predicted octanol–water partition coefficient (Wildman–Crippen LogP) is 1.25. The maximum absolute atomic E-state index is 5.39. The summed E-state index contributed by atoms with van der Waals surface area (Å²) in [6.45, 7) is 9.24. The van der Waals surface area contributed by atoms with Gasteiger partial charge in [-0.05, 0) is 18.6 Å². The highest BCUT2D eigenvalue weighted by molar-refractivity contribution is 5.40. The van der Waals surface area contributed by atoms with E-state index in [9.17, 15) is 0 Å². The van der Waals surface area contributed by atoms with Crippen LogP contribution in [0.25, 0.3) is 0 Å². The average molecular weight is 342 g/mol. The van der Waals surface area contributed by atoms with Gasteiger partial charge in [-0.1, -0.05) is 6.07 Å². The molecule has 4 heterocycles. The van der Waals surface area contributed by atoms with Crippen molar-refractivity contribution in [3.63, 3.8) is 0 Å². The fourth-order valence-electron chi connectivity index (χ4n) is 3.44. The van der Waals surface area contributed by atoms with Gasteiger partial charge in [-0.25, -0.2) is 9.67 Å².